The van der Waals surface area contributed by atoms with Crippen molar-refractivity contribution in [1.82, 2.24) is 10.2 Å². The summed E-state index contributed by atoms with van der Waals surface area (Å²) in [5.74, 6) is 2.05. The quantitative estimate of drug-likeness (QED) is 0.822. The summed E-state index contributed by atoms with van der Waals surface area (Å²) >= 11 is 0. The molecule has 0 aliphatic rings. The van der Waals surface area contributed by atoms with Crippen LogP contribution >= 0.6 is 0 Å². The molecular formula is C14H21N3O. The monoisotopic (exact) mass is 247 g/mol. The Kier molecular flexibility index (Phi) is 4.07. The number of benzene rings is 1. The van der Waals surface area contributed by atoms with Crippen LogP contribution in [0.25, 0.3) is 10.9 Å². The van der Waals surface area contributed by atoms with E-state index in [1.807, 2.05) is 18.2 Å². The minimum Gasteiger partial charge on any atom is -0.493 e. The molecule has 0 fully saturated rings. The summed E-state index contributed by atoms with van der Waals surface area (Å²) in [5, 5.41) is 7.82. The maximum absolute atomic E-state index is 5.84. The van der Waals surface area contributed by atoms with E-state index in [1.54, 1.807) is 0 Å². The van der Waals surface area contributed by atoms with Crippen molar-refractivity contribution in [2.45, 2.75) is 33.1 Å². The molecule has 98 valence electrons. The topological polar surface area (TPSA) is 63.9 Å². The van der Waals surface area contributed by atoms with Crippen molar-refractivity contribution < 1.29 is 4.74 Å². The lowest BCUT2D eigenvalue weighted by molar-refractivity contribution is 0.235. The zero-order valence-electron chi connectivity index (χ0n) is 11.1. The van der Waals surface area contributed by atoms with Crippen molar-refractivity contribution in [1.29, 1.82) is 0 Å². The Balaban J connectivity index is 2.03. The van der Waals surface area contributed by atoms with Gasteiger partial charge in [0.15, 0.2) is 5.82 Å². The van der Waals surface area contributed by atoms with Gasteiger partial charge in [-0.25, -0.2) is 0 Å². The van der Waals surface area contributed by atoms with Gasteiger partial charge in [-0.15, -0.1) is 0 Å². The van der Waals surface area contributed by atoms with E-state index in [1.165, 1.54) is 12.8 Å². The molecule has 0 aliphatic carbocycles. The Morgan fingerprint density at radius 1 is 1.39 bits per heavy atom. The third-order valence-corrected chi connectivity index (χ3v) is 3.32. The fourth-order valence-corrected chi connectivity index (χ4v) is 2.14. The molecule has 4 heteroatoms. The van der Waals surface area contributed by atoms with Gasteiger partial charge in [-0.1, -0.05) is 26.7 Å². The second kappa shape index (κ2) is 5.76. The SMILES string of the molecule is CCCC(CC)COc1ccc2c(N)n[nH]c2c1. The predicted molar refractivity (Wildman–Crippen MR) is 74.7 cm³/mol. The maximum atomic E-state index is 5.84. The number of nitrogens with two attached hydrogens (primary N) is 1. The summed E-state index contributed by atoms with van der Waals surface area (Å²) in [4.78, 5) is 0. The average molecular weight is 247 g/mol. The summed E-state index contributed by atoms with van der Waals surface area (Å²) in [6.45, 7) is 5.20. The summed E-state index contributed by atoms with van der Waals surface area (Å²) in [6, 6.07) is 5.86. The fourth-order valence-electron chi connectivity index (χ4n) is 2.14. The van der Waals surface area contributed by atoms with Gasteiger partial charge in [0.1, 0.15) is 5.75 Å². The number of rotatable bonds is 6. The number of H-pyrrole nitrogens is 1. The van der Waals surface area contributed by atoms with E-state index >= 15 is 0 Å². The summed E-state index contributed by atoms with van der Waals surface area (Å²) in [6.07, 6.45) is 3.58. The van der Waals surface area contributed by atoms with Crippen LogP contribution in [0.3, 0.4) is 0 Å². The molecule has 0 amide bonds. The van der Waals surface area contributed by atoms with Crippen molar-refractivity contribution in [2.24, 2.45) is 5.92 Å². The van der Waals surface area contributed by atoms with Crippen LogP contribution in [0, 0.1) is 5.92 Å². The van der Waals surface area contributed by atoms with Crippen LogP contribution < -0.4 is 10.5 Å². The van der Waals surface area contributed by atoms with Crippen molar-refractivity contribution >= 4 is 16.7 Å². The highest BCUT2D eigenvalue weighted by atomic mass is 16.5. The number of nitrogens with zero attached hydrogens (tertiary/aromatic N) is 1. The summed E-state index contributed by atoms with van der Waals surface area (Å²) < 4.78 is 5.84. The molecule has 0 bridgehead atoms. The van der Waals surface area contributed by atoms with E-state index < -0.39 is 0 Å². The number of fused-ring (bicyclic) bond motifs is 1. The highest BCUT2D eigenvalue weighted by molar-refractivity contribution is 5.89. The van der Waals surface area contributed by atoms with Gasteiger partial charge in [-0.2, -0.15) is 5.10 Å². The van der Waals surface area contributed by atoms with Crippen LogP contribution in [0.1, 0.15) is 33.1 Å². The number of nitrogen functional groups attached to an aromatic ring is 1. The molecule has 1 unspecified atom stereocenters. The normalized spacial score (nSPS) is 12.8. The average Bonchev–Trinajstić information content (AvgIpc) is 2.76. The lowest BCUT2D eigenvalue weighted by Crippen LogP contribution is -2.10. The standard InChI is InChI=1S/C14H21N3O/c1-3-5-10(4-2)9-18-11-6-7-12-13(8-11)16-17-14(12)15/h6-8,10H,3-5,9H2,1-2H3,(H3,15,16,17). The number of aromatic amines is 1. The largest absolute Gasteiger partial charge is 0.493 e. The van der Waals surface area contributed by atoms with Crippen LogP contribution in [-0.4, -0.2) is 16.8 Å². The highest BCUT2D eigenvalue weighted by Crippen LogP contribution is 2.23. The molecule has 1 aromatic carbocycles. The van der Waals surface area contributed by atoms with E-state index in [0.717, 1.165) is 29.7 Å². The molecule has 0 radical (unpaired) electrons. The molecule has 18 heavy (non-hydrogen) atoms. The molecule has 2 rings (SSSR count). The third kappa shape index (κ3) is 2.75. The molecule has 0 saturated heterocycles. The van der Waals surface area contributed by atoms with E-state index in [9.17, 15) is 0 Å². The van der Waals surface area contributed by atoms with Crippen LogP contribution in [-0.2, 0) is 0 Å². The number of anilines is 1. The van der Waals surface area contributed by atoms with E-state index in [2.05, 4.69) is 24.0 Å². The lowest BCUT2D eigenvalue weighted by atomic mass is 10.0. The van der Waals surface area contributed by atoms with Crippen molar-refractivity contribution in [3.63, 3.8) is 0 Å². The third-order valence-electron chi connectivity index (χ3n) is 3.32. The molecule has 4 nitrogen and oxygen atoms in total. The number of aromatic nitrogens is 2. The first-order valence-corrected chi connectivity index (χ1v) is 6.61. The van der Waals surface area contributed by atoms with Gasteiger partial charge in [-0.3, -0.25) is 5.10 Å². The van der Waals surface area contributed by atoms with Gasteiger partial charge in [0, 0.05) is 11.5 Å². The Morgan fingerprint density at radius 2 is 2.22 bits per heavy atom. The van der Waals surface area contributed by atoms with Crippen LogP contribution in [0.2, 0.25) is 0 Å². The zero-order chi connectivity index (χ0) is 13.0. The van der Waals surface area contributed by atoms with Gasteiger partial charge in [0.25, 0.3) is 0 Å². The highest BCUT2D eigenvalue weighted by Gasteiger charge is 2.07. The van der Waals surface area contributed by atoms with Crippen LogP contribution in [0.15, 0.2) is 18.2 Å². The van der Waals surface area contributed by atoms with E-state index in [-0.39, 0.29) is 0 Å². The fraction of sp³-hybridized carbons (Fsp3) is 0.500. The lowest BCUT2D eigenvalue weighted by Gasteiger charge is -2.14. The van der Waals surface area contributed by atoms with Gasteiger partial charge >= 0.3 is 0 Å². The number of nitrogens with one attached hydrogen (secondary N) is 1. The molecule has 3 N–H and O–H groups in total. The van der Waals surface area contributed by atoms with Gasteiger partial charge in [-0.05, 0) is 24.5 Å². The van der Waals surface area contributed by atoms with Gasteiger partial charge < -0.3 is 10.5 Å². The first-order valence-electron chi connectivity index (χ1n) is 6.61. The first kappa shape index (κ1) is 12.7. The molecule has 0 spiro atoms. The number of hydrogen-bond acceptors (Lipinski definition) is 3. The Morgan fingerprint density at radius 3 is 2.94 bits per heavy atom. The minimum absolute atomic E-state index is 0.536. The second-order valence-electron chi connectivity index (χ2n) is 4.69. The first-order chi connectivity index (χ1) is 8.74. The van der Waals surface area contributed by atoms with Crippen LogP contribution in [0.4, 0.5) is 5.82 Å². The van der Waals surface area contributed by atoms with E-state index in [0.29, 0.717) is 11.7 Å². The molecule has 1 aromatic heterocycles. The summed E-state index contributed by atoms with van der Waals surface area (Å²) in [5.41, 5.74) is 6.65. The summed E-state index contributed by atoms with van der Waals surface area (Å²) in [7, 11) is 0. The molecule has 2 aromatic rings. The molecular weight excluding hydrogens is 226 g/mol. The van der Waals surface area contributed by atoms with Crippen LogP contribution in [0.5, 0.6) is 5.75 Å². The maximum Gasteiger partial charge on any atom is 0.153 e. The number of ether oxygens (including phenoxy) is 1. The number of hydrogen-bond donors (Lipinski definition) is 2. The Hall–Kier alpha value is -1.71. The second-order valence-corrected chi connectivity index (χ2v) is 4.69. The molecule has 1 heterocycles. The Labute approximate surface area is 108 Å². The smallest absolute Gasteiger partial charge is 0.153 e. The molecule has 0 aliphatic heterocycles. The molecule has 1 atom stereocenters. The van der Waals surface area contributed by atoms with Crippen molar-refractivity contribution in [3.05, 3.63) is 18.2 Å². The van der Waals surface area contributed by atoms with Gasteiger partial charge in [0.2, 0.25) is 0 Å². The predicted octanol–water partition coefficient (Wildman–Crippen LogP) is 3.35. The van der Waals surface area contributed by atoms with Crippen molar-refractivity contribution in [2.75, 3.05) is 12.3 Å². The minimum atomic E-state index is 0.536. The Bertz CT molecular complexity index is 507. The zero-order valence-corrected chi connectivity index (χ0v) is 11.1. The molecule has 0 saturated carbocycles. The van der Waals surface area contributed by atoms with E-state index in [4.69, 9.17) is 10.5 Å². The van der Waals surface area contributed by atoms with Crippen molar-refractivity contribution in [3.8, 4) is 5.75 Å². The van der Waals surface area contributed by atoms with Gasteiger partial charge in [0.05, 0.1) is 12.1 Å².